The Morgan fingerprint density at radius 3 is 1.89 bits per heavy atom. The van der Waals surface area contributed by atoms with Crippen molar-refractivity contribution in [3.05, 3.63) is 0 Å². The molecule has 4 bridgehead atoms. The number of rotatable bonds is 9. The molecule has 5 nitrogen and oxygen atoms in total. The molecular weight excluding hydrogens is 338 g/mol. The SMILES string of the molecule is CC(C)N(CCNC(=O)CCNC(=O)C12CC3CC(CC(C3)C1)C2)C(C)C. The van der Waals surface area contributed by atoms with Crippen LogP contribution in [0.5, 0.6) is 0 Å². The molecule has 4 saturated carbocycles. The van der Waals surface area contributed by atoms with E-state index in [4.69, 9.17) is 0 Å². The van der Waals surface area contributed by atoms with E-state index >= 15 is 0 Å². The highest BCUT2D eigenvalue weighted by atomic mass is 16.2. The molecule has 2 amide bonds. The molecule has 0 heterocycles. The smallest absolute Gasteiger partial charge is 0.226 e. The van der Waals surface area contributed by atoms with E-state index in [1.54, 1.807) is 0 Å². The van der Waals surface area contributed by atoms with Gasteiger partial charge in [0.1, 0.15) is 0 Å². The number of hydrogen-bond donors (Lipinski definition) is 2. The molecule has 0 unspecified atom stereocenters. The Labute approximate surface area is 165 Å². The van der Waals surface area contributed by atoms with Crippen molar-refractivity contribution in [1.82, 2.24) is 15.5 Å². The standard InChI is InChI=1S/C22H39N3O2/c1-15(2)25(16(3)4)8-7-23-20(26)5-6-24-21(27)22-12-17-9-18(13-22)11-19(10-17)14-22/h15-19H,5-14H2,1-4H3,(H,23,26)(H,24,27). The summed E-state index contributed by atoms with van der Waals surface area (Å²) in [6, 6.07) is 0.947. The van der Waals surface area contributed by atoms with Gasteiger partial charge in [0, 0.05) is 43.6 Å². The van der Waals surface area contributed by atoms with E-state index in [9.17, 15) is 9.59 Å². The molecule has 0 aromatic carbocycles. The molecule has 4 rings (SSSR count). The van der Waals surface area contributed by atoms with E-state index < -0.39 is 0 Å². The Hall–Kier alpha value is -1.10. The first kappa shape index (κ1) is 20.6. The van der Waals surface area contributed by atoms with E-state index in [2.05, 4.69) is 43.2 Å². The van der Waals surface area contributed by atoms with E-state index in [-0.39, 0.29) is 17.2 Å². The molecule has 0 atom stereocenters. The lowest BCUT2D eigenvalue weighted by Gasteiger charge is -2.55. The summed E-state index contributed by atoms with van der Waals surface area (Å²) < 4.78 is 0. The van der Waals surface area contributed by atoms with Gasteiger partial charge in [-0.1, -0.05) is 0 Å². The highest BCUT2D eigenvalue weighted by Crippen LogP contribution is 2.60. The highest BCUT2D eigenvalue weighted by molar-refractivity contribution is 5.84. The van der Waals surface area contributed by atoms with Crippen molar-refractivity contribution in [3.63, 3.8) is 0 Å². The number of amides is 2. The summed E-state index contributed by atoms with van der Waals surface area (Å²) in [5, 5.41) is 6.10. The fourth-order valence-electron chi connectivity index (χ4n) is 6.39. The third-order valence-electron chi connectivity index (χ3n) is 7.18. The predicted molar refractivity (Wildman–Crippen MR) is 108 cm³/mol. The van der Waals surface area contributed by atoms with Gasteiger partial charge in [0.25, 0.3) is 0 Å². The summed E-state index contributed by atoms with van der Waals surface area (Å²) in [6.07, 6.45) is 7.66. The molecule has 4 fully saturated rings. The average Bonchev–Trinajstić information content (AvgIpc) is 2.56. The zero-order valence-corrected chi connectivity index (χ0v) is 17.7. The average molecular weight is 378 g/mol. The minimum Gasteiger partial charge on any atom is -0.355 e. The summed E-state index contributed by atoms with van der Waals surface area (Å²) in [4.78, 5) is 27.4. The Morgan fingerprint density at radius 1 is 0.889 bits per heavy atom. The van der Waals surface area contributed by atoms with Gasteiger partial charge < -0.3 is 10.6 Å². The van der Waals surface area contributed by atoms with Gasteiger partial charge in [0.2, 0.25) is 11.8 Å². The first-order valence-electron chi connectivity index (χ1n) is 11.1. The minimum atomic E-state index is -0.111. The van der Waals surface area contributed by atoms with Gasteiger partial charge in [-0.3, -0.25) is 14.5 Å². The zero-order valence-electron chi connectivity index (χ0n) is 17.7. The highest BCUT2D eigenvalue weighted by Gasteiger charge is 2.54. The molecule has 154 valence electrons. The first-order valence-corrected chi connectivity index (χ1v) is 11.1. The molecule has 5 heteroatoms. The topological polar surface area (TPSA) is 61.4 Å². The molecule has 0 spiro atoms. The summed E-state index contributed by atoms with van der Waals surface area (Å²) in [5.74, 6) is 2.58. The van der Waals surface area contributed by atoms with Crippen LogP contribution in [0.4, 0.5) is 0 Å². The lowest BCUT2D eigenvalue weighted by Crippen LogP contribution is -2.53. The van der Waals surface area contributed by atoms with Gasteiger partial charge in [0.15, 0.2) is 0 Å². The quantitative estimate of drug-likeness (QED) is 0.649. The van der Waals surface area contributed by atoms with Gasteiger partial charge in [-0.25, -0.2) is 0 Å². The molecule has 0 aromatic heterocycles. The molecule has 0 aliphatic heterocycles. The van der Waals surface area contributed by atoms with Crippen LogP contribution in [0.2, 0.25) is 0 Å². The Bertz CT molecular complexity index is 500. The summed E-state index contributed by atoms with van der Waals surface area (Å²) in [7, 11) is 0. The van der Waals surface area contributed by atoms with Crippen molar-refractivity contribution in [3.8, 4) is 0 Å². The second-order valence-corrected chi connectivity index (χ2v) is 9.98. The second-order valence-electron chi connectivity index (χ2n) is 9.98. The van der Waals surface area contributed by atoms with Crippen LogP contribution in [0.15, 0.2) is 0 Å². The van der Waals surface area contributed by atoms with Crippen LogP contribution in [-0.2, 0) is 9.59 Å². The number of carbonyl (C=O) groups excluding carboxylic acids is 2. The lowest BCUT2D eigenvalue weighted by molar-refractivity contribution is -0.146. The first-order chi connectivity index (χ1) is 12.8. The largest absolute Gasteiger partial charge is 0.355 e. The van der Waals surface area contributed by atoms with Crippen molar-refractivity contribution in [2.45, 2.75) is 84.7 Å². The maximum absolute atomic E-state index is 12.9. The molecule has 27 heavy (non-hydrogen) atoms. The normalized spacial score (nSPS) is 31.7. The molecule has 0 radical (unpaired) electrons. The van der Waals surface area contributed by atoms with Crippen molar-refractivity contribution >= 4 is 11.8 Å². The van der Waals surface area contributed by atoms with Crippen LogP contribution in [0, 0.1) is 23.2 Å². The summed E-state index contributed by atoms with van der Waals surface area (Å²) in [5.41, 5.74) is -0.111. The van der Waals surface area contributed by atoms with E-state index in [1.807, 2.05) is 0 Å². The van der Waals surface area contributed by atoms with Gasteiger partial charge in [-0.2, -0.15) is 0 Å². The molecule has 0 aromatic rings. The van der Waals surface area contributed by atoms with Crippen LogP contribution >= 0.6 is 0 Å². The van der Waals surface area contributed by atoms with Crippen molar-refractivity contribution in [2.75, 3.05) is 19.6 Å². The maximum atomic E-state index is 12.9. The third-order valence-corrected chi connectivity index (χ3v) is 7.18. The monoisotopic (exact) mass is 377 g/mol. The number of carbonyl (C=O) groups is 2. The van der Waals surface area contributed by atoms with Gasteiger partial charge in [-0.15, -0.1) is 0 Å². The molecule has 4 aliphatic rings. The van der Waals surface area contributed by atoms with Crippen LogP contribution < -0.4 is 10.6 Å². The Morgan fingerprint density at radius 2 is 1.41 bits per heavy atom. The van der Waals surface area contributed by atoms with Gasteiger partial charge in [0.05, 0.1) is 0 Å². The van der Waals surface area contributed by atoms with Crippen LogP contribution in [-0.4, -0.2) is 48.4 Å². The molecule has 4 aliphatic carbocycles. The fourth-order valence-corrected chi connectivity index (χ4v) is 6.39. The number of hydrogen-bond acceptors (Lipinski definition) is 3. The lowest BCUT2D eigenvalue weighted by atomic mass is 9.49. The van der Waals surface area contributed by atoms with Crippen molar-refractivity contribution in [2.24, 2.45) is 23.2 Å². The van der Waals surface area contributed by atoms with E-state index in [0.717, 1.165) is 43.6 Å². The fraction of sp³-hybridized carbons (Fsp3) is 0.909. The predicted octanol–water partition coefficient (Wildman–Crippen LogP) is 2.94. The van der Waals surface area contributed by atoms with Gasteiger partial charge >= 0.3 is 0 Å². The summed E-state index contributed by atoms with van der Waals surface area (Å²) in [6.45, 7) is 10.7. The van der Waals surface area contributed by atoms with Crippen LogP contribution in [0.1, 0.15) is 72.6 Å². The minimum absolute atomic E-state index is 0.0354. The number of nitrogens with one attached hydrogen (secondary N) is 2. The Balaban J connectivity index is 1.36. The van der Waals surface area contributed by atoms with Crippen LogP contribution in [0.25, 0.3) is 0 Å². The third kappa shape index (κ3) is 4.85. The maximum Gasteiger partial charge on any atom is 0.226 e. The summed E-state index contributed by atoms with van der Waals surface area (Å²) >= 11 is 0. The molecule has 0 saturated heterocycles. The van der Waals surface area contributed by atoms with Gasteiger partial charge in [-0.05, 0) is 84.0 Å². The van der Waals surface area contributed by atoms with Crippen LogP contribution in [0.3, 0.4) is 0 Å². The van der Waals surface area contributed by atoms with E-state index in [1.165, 1.54) is 19.3 Å². The zero-order chi connectivity index (χ0) is 19.6. The number of nitrogens with zero attached hydrogens (tertiary/aromatic N) is 1. The Kier molecular flexibility index (Phi) is 6.50. The second kappa shape index (κ2) is 8.50. The molecule has 2 N–H and O–H groups in total. The molecular formula is C22H39N3O2. The van der Waals surface area contributed by atoms with Crippen molar-refractivity contribution in [1.29, 1.82) is 0 Å². The van der Waals surface area contributed by atoms with E-state index in [0.29, 0.717) is 31.6 Å². The van der Waals surface area contributed by atoms with Crippen molar-refractivity contribution < 1.29 is 9.59 Å².